The summed E-state index contributed by atoms with van der Waals surface area (Å²) in [4.78, 5) is 11.2. The molecule has 0 aliphatic heterocycles. The Bertz CT molecular complexity index is 180. The summed E-state index contributed by atoms with van der Waals surface area (Å²) in [5.74, 6) is 0.415. The molecule has 3 heteroatoms. The third-order valence-corrected chi connectivity index (χ3v) is 2.54. The molecule has 0 aromatic carbocycles. The van der Waals surface area contributed by atoms with Gasteiger partial charge in [0, 0.05) is 0 Å². The zero-order valence-electron chi connectivity index (χ0n) is 8.45. The van der Waals surface area contributed by atoms with Crippen molar-refractivity contribution in [3.63, 3.8) is 0 Å². The molecule has 1 aliphatic carbocycles. The molecule has 2 N–H and O–H groups in total. The molecule has 3 atom stereocenters. The first-order valence-electron chi connectivity index (χ1n) is 5.05. The molecule has 0 heterocycles. The van der Waals surface area contributed by atoms with Crippen LogP contribution >= 0.6 is 0 Å². The Morgan fingerprint density at radius 3 is 2.77 bits per heavy atom. The number of hydrogen-bond acceptors (Lipinski definition) is 3. The monoisotopic (exact) mass is 185 g/mol. The Labute approximate surface area is 79.6 Å². The van der Waals surface area contributed by atoms with E-state index in [1.807, 2.05) is 0 Å². The number of esters is 1. The van der Waals surface area contributed by atoms with Gasteiger partial charge in [-0.2, -0.15) is 0 Å². The van der Waals surface area contributed by atoms with Crippen LogP contribution in [-0.4, -0.2) is 18.1 Å². The Morgan fingerprint density at radius 1 is 1.54 bits per heavy atom. The first-order chi connectivity index (χ1) is 6.09. The molecule has 0 aromatic rings. The van der Waals surface area contributed by atoms with E-state index in [1.165, 1.54) is 6.42 Å². The van der Waals surface area contributed by atoms with Crippen molar-refractivity contribution in [2.75, 3.05) is 0 Å². The van der Waals surface area contributed by atoms with E-state index < -0.39 is 6.04 Å². The van der Waals surface area contributed by atoms with Crippen LogP contribution in [0, 0.1) is 5.92 Å². The van der Waals surface area contributed by atoms with Gasteiger partial charge in [0.2, 0.25) is 0 Å². The molecular formula is C10H19NO2. The van der Waals surface area contributed by atoms with Gasteiger partial charge in [-0.15, -0.1) is 0 Å². The topological polar surface area (TPSA) is 52.3 Å². The average molecular weight is 185 g/mol. The van der Waals surface area contributed by atoms with Gasteiger partial charge >= 0.3 is 5.97 Å². The standard InChI is InChI=1S/C10H19NO2/c1-7-4-3-5-9(6-7)13-10(12)8(2)11/h7-9H,3-6,11H2,1-2H3. The van der Waals surface area contributed by atoms with Crippen LogP contribution in [0.4, 0.5) is 0 Å². The third-order valence-electron chi connectivity index (χ3n) is 2.54. The molecule has 3 nitrogen and oxygen atoms in total. The highest BCUT2D eigenvalue weighted by Gasteiger charge is 2.23. The van der Waals surface area contributed by atoms with E-state index in [1.54, 1.807) is 6.92 Å². The van der Waals surface area contributed by atoms with Crippen LogP contribution in [0.3, 0.4) is 0 Å². The van der Waals surface area contributed by atoms with Crippen molar-refractivity contribution in [1.29, 1.82) is 0 Å². The van der Waals surface area contributed by atoms with Crippen LogP contribution in [0.1, 0.15) is 39.5 Å². The van der Waals surface area contributed by atoms with Crippen molar-refractivity contribution in [1.82, 2.24) is 0 Å². The third kappa shape index (κ3) is 3.35. The lowest BCUT2D eigenvalue weighted by atomic mass is 9.89. The SMILES string of the molecule is CC1CCCC(OC(=O)C(C)N)C1. The lowest BCUT2D eigenvalue weighted by molar-refractivity contribution is -0.152. The molecule has 0 saturated heterocycles. The van der Waals surface area contributed by atoms with Crippen LogP contribution in [0.5, 0.6) is 0 Å². The number of nitrogens with two attached hydrogens (primary N) is 1. The molecule has 0 aromatic heterocycles. The molecule has 3 unspecified atom stereocenters. The minimum absolute atomic E-state index is 0.113. The highest BCUT2D eigenvalue weighted by Crippen LogP contribution is 2.25. The molecule has 0 bridgehead atoms. The maximum Gasteiger partial charge on any atom is 0.322 e. The first kappa shape index (κ1) is 10.5. The lowest BCUT2D eigenvalue weighted by Crippen LogP contribution is -2.34. The molecular weight excluding hydrogens is 166 g/mol. The van der Waals surface area contributed by atoms with Gasteiger partial charge in [0.15, 0.2) is 0 Å². The molecule has 1 rings (SSSR count). The predicted molar refractivity (Wildman–Crippen MR) is 51.2 cm³/mol. The summed E-state index contributed by atoms with van der Waals surface area (Å²) < 4.78 is 5.26. The van der Waals surface area contributed by atoms with E-state index in [0.29, 0.717) is 5.92 Å². The van der Waals surface area contributed by atoms with E-state index in [0.717, 1.165) is 19.3 Å². The molecule has 76 valence electrons. The Balaban J connectivity index is 2.31. The number of carbonyl (C=O) groups excluding carboxylic acids is 1. The summed E-state index contributed by atoms with van der Waals surface area (Å²) in [6.45, 7) is 3.86. The van der Waals surface area contributed by atoms with Crippen molar-refractivity contribution < 1.29 is 9.53 Å². The molecule has 0 amide bonds. The summed E-state index contributed by atoms with van der Waals surface area (Å²) >= 11 is 0. The van der Waals surface area contributed by atoms with E-state index in [4.69, 9.17) is 10.5 Å². The molecule has 0 radical (unpaired) electrons. The summed E-state index contributed by atoms with van der Waals surface area (Å²) in [5, 5.41) is 0. The van der Waals surface area contributed by atoms with Gasteiger partial charge in [0.05, 0.1) is 0 Å². The van der Waals surface area contributed by atoms with Gasteiger partial charge in [0.25, 0.3) is 0 Å². The van der Waals surface area contributed by atoms with Gasteiger partial charge in [-0.25, -0.2) is 0 Å². The highest BCUT2D eigenvalue weighted by atomic mass is 16.5. The predicted octanol–water partition coefficient (Wildman–Crippen LogP) is 1.46. The molecule has 1 aliphatic rings. The zero-order chi connectivity index (χ0) is 9.84. The van der Waals surface area contributed by atoms with Crippen LogP contribution in [-0.2, 0) is 9.53 Å². The quantitative estimate of drug-likeness (QED) is 0.662. The van der Waals surface area contributed by atoms with E-state index in [2.05, 4.69) is 6.92 Å². The van der Waals surface area contributed by atoms with Crippen LogP contribution in [0.2, 0.25) is 0 Å². The fourth-order valence-electron chi connectivity index (χ4n) is 1.76. The summed E-state index contributed by atoms with van der Waals surface area (Å²) in [6, 6.07) is -0.489. The number of ether oxygens (including phenoxy) is 1. The smallest absolute Gasteiger partial charge is 0.322 e. The summed E-state index contributed by atoms with van der Waals surface area (Å²) in [5.41, 5.74) is 5.41. The van der Waals surface area contributed by atoms with Gasteiger partial charge in [-0.05, 0) is 32.1 Å². The van der Waals surface area contributed by atoms with Crippen molar-refractivity contribution in [3.05, 3.63) is 0 Å². The number of carbonyl (C=O) groups is 1. The fraction of sp³-hybridized carbons (Fsp3) is 0.900. The molecule has 1 saturated carbocycles. The summed E-state index contributed by atoms with van der Waals surface area (Å²) in [6.07, 6.45) is 4.54. The van der Waals surface area contributed by atoms with Crippen molar-refractivity contribution in [2.24, 2.45) is 11.7 Å². The van der Waals surface area contributed by atoms with Crippen molar-refractivity contribution in [2.45, 2.75) is 51.7 Å². The van der Waals surface area contributed by atoms with E-state index >= 15 is 0 Å². The highest BCUT2D eigenvalue weighted by molar-refractivity contribution is 5.75. The number of rotatable bonds is 2. The minimum atomic E-state index is -0.489. The molecule has 0 spiro atoms. The van der Waals surface area contributed by atoms with Crippen molar-refractivity contribution in [3.8, 4) is 0 Å². The zero-order valence-corrected chi connectivity index (χ0v) is 8.45. The number of hydrogen-bond donors (Lipinski definition) is 1. The fourth-order valence-corrected chi connectivity index (χ4v) is 1.76. The van der Waals surface area contributed by atoms with Crippen LogP contribution in [0.25, 0.3) is 0 Å². The molecule has 13 heavy (non-hydrogen) atoms. The Kier molecular flexibility index (Phi) is 3.72. The summed E-state index contributed by atoms with van der Waals surface area (Å²) in [7, 11) is 0. The van der Waals surface area contributed by atoms with E-state index in [9.17, 15) is 4.79 Å². The van der Waals surface area contributed by atoms with Gasteiger partial charge in [0.1, 0.15) is 12.1 Å². The average Bonchev–Trinajstić information content (AvgIpc) is 2.04. The largest absolute Gasteiger partial charge is 0.461 e. The minimum Gasteiger partial charge on any atom is -0.461 e. The second-order valence-electron chi connectivity index (χ2n) is 4.12. The normalized spacial score (nSPS) is 31.0. The van der Waals surface area contributed by atoms with E-state index in [-0.39, 0.29) is 12.1 Å². The van der Waals surface area contributed by atoms with Crippen molar-refractivity contribution >= 4 is 5.97 Å². The van der Waals surface area contributed by atoms with Crippen LogP contribution < -0.4 is 5.73 Å². The van der Waals surface area contributed by atoms with Gasteiger partial charge in [-0.3, -0.25) is 4.79 Å². The van der Waals surface area contributed by atoms with Crippen LogP contribution in [0.15, 0.2) is 0 Å². The Morgan fingerprint density at radius 2 is 2.23 bits per heavy atom. The maximum atomic E-state index is 11.2. The Hall–Kier alpha value is -0.570. The van der Waals surface area contributed by atoms with Gasteiger partial charge < -0.3 is 10.5 Å². The second-order valence-corrected chi connectivity index (χ2v) is 4.12. The molecule has 1 fully saturated rings. The maximum absolute atomic E-state index is 11.2. The second kappa shape index (κ2) is 4.61. The first-order valence-corrected chi connectivity index (χ1v) is 5.05. The van der Waals surface area contributed by atoms with Gasteiger partial charge in [-0.1, -0.05) is 13.3 Å². The lowest BCUT2D eigenvalue weighted by Gasteiger charge is -2.26.